The van der Waals surface area contributed by atoms with Crippen LogP contribution in [0.1, 0.15) is 31.4 Å². The zero-order valence-corrected chi connectivity index (χ0v) is 11.7. The molecule has 114 valence electrons. The van der Waals surface area contributed by atoms with Crippen LogP contribution in [0.5, 0.6) is 5.75 Å². The summed E-state index contributed by atoms with van der Waals surface area (Å²) in [5.74, 6) is -0.171. The van der Waals surface area contributed by atoms with Crippen molar-refractivity contribution in [3.8, 4) is 5.75 Å². The Kier molecular flexibility index (Phi) is 6.81. The number of halogens is 3. The molecule has 1 aromatic carbocycles. The van der Waals surface area contributed by atoms with Crippen molar-refractivity contribution in [3.63, 3.8) is 0 Å². The normalized spacial score (nSPS) is 13.2. The third-order valence-electron chi connectivity index (χ3n) is 2.77. The number of hydrogen-bond donors (Lipinski definition) is 1. The molecule has 1 rings (SSSR count). The van der Waals surface area contributed by atoms with Gasteiger partial charge in [0, 0.05) is 24.8 Å². The molecule has 0 aliphatic heterocycles. The van der Waals surface area contributed by atoms with Gasteiger partial charge in [-0.1, -0.05) is 25.1 Å². The first-order valence-corrected chi connectivity index (χ1v) is 6.57. The average Bonchev–Trinajstić information content (AvgIpc) is 2.38. The van der Waals surface area contributed by atoms with Gasteiger partial charge in [0.25, 0.3) is 0 Å². The Hall–Kier alpha value is -1.27. The molecule has 0 saturated heterocycles. The van der Waals surface area contributed by atoms with Gasteiger partial charge in [-0.25, -0.2) is 0 Å². The van der Waals surface area contributed by atoms with Crippen LogP contribution in [0.25, 0.3) is 0 Å². The molecule has 0 saturated carbocycles. The van der Waals surface area contributed by atoms with E-state index in [9.17, 15) is 13.2 Å². The van der Waals surface area contributed by atoms with Crippen molar-refractivity contribution in [1.29, 1.82) is 0 Å². The highest BCUT2D eigenvalue weighted by Gasteiger charge is 2.32. The van der Waals surface area contributed by atoms with Gasteiger partial charge in [0.15, 0.2) is 0 Å². The topological polar surface area (TPSA) is 30.5 Å². The predicted octanol–water partition coefficient (Wildman–Crippen LogP) is 3.66. The van der Waals surface area contributed by atoms with Gasteiger partial charge in [0.2, 0.25) is 0 Å². The minimum atomic E-state index is -4.69. The molecule has 20 heavy (non-hydrogen) atoms. The van der Waals surface area contributed by atoms with E-state index in [0.717, 1.165) is 6.42 Å². The number of ether oxygens (including phenoxy) is 2. The molecule has 0 aromatic heterocycles. The molecule has 6 heteroatoms. The highest BCUT2D eigenvalue weighted by Crippen LogP contribution is 2.31. The molecule has 1 atom stereocenters. The maximum absolute atomic E-state index is 12.4. The van der Waals surface area contributed by atoms with E-state index >= 15 is 0 Å². The predicted molar refractivity (Wildman–Crippen MR) is 70.7 cm³/mol. The van der Waals surface area contributed by atoms with E-state index in [0.29, 0.717) is 25.2 Å². The van der Waals surface area contributed by atoms with Crippen LogP contribution in [-0.2, 0) is 4.74 Å². The second-order valence-electron chi connectivity index (χ2n) is 4.33. The second-order valence-corrected chi connectivity index (χ2v) is 4.33. The van der Waals surface area contributed by atoms with Crippen LogP contribution in [0.2, 0.25) is 0 Å². The van der Waals surface area contributed by atoms with Crippen molar-refractivity contribution in [1.82, 2.24) is 5.32 Å². The Labute approximate surface area is 117 Å². The fourth-order valence-corrected chi connectivity index (χ4v) is 1.89. The molecule has 0 aliphatic carbocycles. The second kappa shape index (κ2) is 8.11. The third kappa shape index (κ3) is 5.79. The summed E-state index contributed by atoms with van der Waals surface area (Å²) in [6, 6.07) is 5.91. The van der Waals surface area contributed by atoms with Crippen LogP contribution in [0.4, 0.5) is 13.2 Å². The summed E-state index contributed by atoms with van der Waals surface area (Å²) in [5, 5.41) is 2.99. The van der Waals surface area contributed by atoms with E-state index in [2.05, 4.69) is 10.1 Å². The first kappa shape index (κ1) is 16.8. The number of benzene rings is 1. The lowest BCUT2D eigenvalue weighted by atomic mass is 10.0. The van der Waals surface area contributed by atoms with Crippen molar-refractivity contribution in [2.45, 2.75) is 32.2 Å². The van der Waals surface area contributed by atoms with Crippen molar-refractivity contribution < 1.29 is 22.6 Å². The fraction of sp³-hybridized carbons (Fsp3) is 0.571. The Morgan fingerprint density at radius 2 is 1.90 bits per heavy atom. The number of hydrogen-bond acceptors (Lipinski definition) is 3. The quantitative estimate of drug-likeness (QED) is 0.741. The third-order valence-corrected chi connectivity index (χ3v) is 2.77. The molecule has 0 spiro atoms. The highest BCUT2D eigenvalue weighted by atomic mass is 19.4. The standard InChI is InChI=1S/C14H20F3NO2/c1-3-9-19-10-8-12(18-2)11-6-4-5-7-13(11)20-14(15,16)17/h4-7,12,18H,3,8-10H2,1-2H3. The molecule has 0 heterocycles. The smallest absolute Gasteiger partial charge is 0.405 e. The van der Waals surface area contributed by atoms with Crippen molar-refractivity contribution >= 4 is 0 Å². The van der Waals surface area contributed by atoms with Crippen molar-refractivity contribution in [2.75, 3.05) is 20.3 Å². The summed E-state index contributed by atoms with van der Waals surface area (Å²) in [5.41, 5.74) is 0.479. The van der Waals surface area contributed by atoms with Gasteiger partial charge in [0.1, 0.15) is 5.75 Å². The van der Waals surface area contributed by atoms with Crippen molar-refractivity contribution in [3.05, 3.63) is 29.8 Å². The summed E-state index contributed by atoms with van der Waals surface area (Å²) in [7, 11) is 1.70. The van der Waals surface area contributed by atoms with E-state index in [4.69, 9.17) is 4.74 Å². The van der Waals surface area contributed by atoms with Gasteiger partial charge < -0.3 is 14.8 Å². The maximum Gasteiger partial charge on any atom is 0.573 e. The molecule has 0 fully saturated rings. The van der Waals surface area contributed by atoms with Gasteiger partial charge in [-0.15, -0.1) is 13.2 Å². The Morgan fingerprint density at radius 1 is 1.20 bits per heavy atom. The number of para-hydroxylation sites is 1. The van der Waals surface area contributed by atoms with Crippen LogP contribution in [0.15, 0.2) is 24.3 Å². The summed E-state index contributed by atoms with van der Waals surface area (Å²) in [6.07, 6.45) is -3.19. The molecule has 1 unspecified atom stereocenters. The lowest BCUT2D eigenvalue weighted by Crippen LogP contribution is -2.22. The molecular formula is C14H20F3NO2. The van der Waals surface area contributed by atoms with E-state index < -0.39 is 6.36 Å². The Bertz CT molecular complexity index is 396. The van der Waals surface area contributed by atoms with Crippen LogP contribution in [0.3, 0.4) is 0 Å². The highest BCUT2D eigenvalue weighted by molar-refractivity contribution is 5.36. The zero-order valence-electron chi connectivity index (χ0n) is 11.7. The number of nitrogens with one attached hydrogen (secondary N) is 1. The molecule has 0 amide bonds. The van der Waals surface area contributed by atoms with Gasteiger partial charge in [0.05, 0.1) is 0 Å². The van der Waals surface area contributed by atoms with Crippen LogP contribution < -0.4 is 10.1 Å². The maximum atomic E-state index is 12.4. The largest absolute Gasteiger partial charge is 0.573 e. The van der Waals surface area contributed by atoms with Crippen LogP contribution in [0, 0.1) is 0 Å². The summed E-state index contributed by atoms with van der Waals surface area (Å²) < 4.78 is 46.6. The first-order valence-electron chi connectivity index (χ1n) is 6.57. The van der Waals surface area contributed by atoms with E-state index in [-0.39, 0.29) is 11.8 Å². The average molecular weight is 291 g/mol. The molecular weight excluding hydrogens is 271 g/mol. The molecule has 1 N–H and O–H groups in total. The van der Waals surface area contributed by atoms with Gasteiger partial charge >= 0.3 is 6.36 Å². The number of rotatable bonds is 8. The monoisotopic (exact) mass is 291 g/mol. The van der Waals surface area contributed by atoms with Crippen molar-refractivity contribution in [2.24, 2.45) is 0 Å². The fourth-order valence-electron chi connectivity index (χ4n) is 1.89. The van der Waals surface area contributed by atoms with Gasteiger partial charge in [-0.2, -0.15) is 0 Å². The van der Waals surface area contributed by atoms with Gasteiger partial charge in [-0.3, -0.25) is 0 Å². The molecule has 0 radical (unpaired) electrons. The summed E-state index contributed by atoms with van der Waals surface area (Å²) in [6.45, 7) is 3.14. The Balaban J connectivity index is 2.75. The molecule has 0 aliphatic rings. The molecule has 3 nitrogen and oxygen atoms in total. The van der Waals surface area contributed by atoms with Gasteiger partial charge in [-0.05, 0) is 26.0 Å². The van der Waals surface area contributed by atoms with E-state index in [1.54, 1.807) is 19.2 Å². The lowest BCUT2D eigenvalue weighted by molar-refractivity contribution is -0.275. The first-order chi connectivity index (χ1) is 9.48. The van der Waals surface area contributed by atoms with E-state index in [1.807, 2.05) is 6.92 Å². The molecule has 0 bridgehead atoms. The zero-order chi connectivity index (χ0) is 15.0. The minimum absolute atomic E-state index is 0.171. The summed E-state index contributed by atoms with van der Waals surface area (Å²) in [4.78, 5) is 0. The Morgan fingerprint density at radius 3 is 2.50 bits per heavy atom. The SMILES string of the molecule is CCCOCCC(NC)c1ccccc1OC(F)(F)F. The van der Waals surface area contributed by atoms with Crippen LogP contribution in [-0.4, -0.2) is 26.6 Å². The van der Waals surface area contributed by atoms with Crippen LogP contribution >= 0.6 is 0 Å². The lowest BCUT2D eigenvalue weighted by Gasteiger charge is -2.20. The van der Waals surface area contributed by atoms with E-state index in [1.165, 1.54) is 12.1 Å². The molecule has 1 aromatic rings. The number of alkyl halides is 3. The summed E-state index contributed by atoms with van der Waals surface area (Å²) >= 11 is 0. The minimum Gasteiger partial charge on any atom is -0.405 e.